The number of fused-ring (bicyclic) bond motifs is 2. The number of halogens is 2. The van der Waals surface area contributed by atoms with Crippen molar-refractivity contribution in [1.82, 2.24) is 9.97 Å². The third kappa shape index (κ3) is 3.96. The Hall–Kier alpha value is -3.60. The third-order valence-corrected chi connectivity index (χ3v) is 7.39. The quantitative estimate of drug-likeness (QED) is 0.600. The molecule has 2 aromatic carbocycles. The van der Waals surface area contributed by atoms with Crippen molar-refractivity contribution in [3.05, 3.63) is 65.4 Å². The molecule has 8 nitrogen and oxygen atoms in total. The highest BCUT2D eigenvalue weighted by Gasteiger charge is 2.31. The van der Waals surface area contributed by atoms with Crippen molar-refractivity contribution < 1.29 is 22.0 Å². The number of nitrogens with one attached hydrogen (secondary N) is 1. The van der Waals surface area contributed by atoms with Gasteiger partial charge < -0.3 is 15.1 Å². The van der Waals surface area contributed by atoms with Crippen LogP contribution in [-0.2, 0) is 26.1 Å². The Labute approximate surface area is 195 Å². The fraction of sp³-hybridized carbons (Fsp3) is 0.261. The summed E-state index contributed by atoms with van der Waals surface area (Å²) in [6.07, 6.45) is 1.49. The molecule has 0 fully saturated rings. The van der Waals surface area contributed by atoms with E-state index >= 15 is 0 Å². The molecule has 0 spiro atoms. The third-order valence-electron chi connectivity index (χ3n) is 5.88. The van der Waals surface area contributed by atoms with Crippen LogP contribution in [0.2, 0.25) is 0 Å². The summed E-state index contributed by atoms with van der Waals surface area (Å²) in [5.74, 6) is -1.41. The number of hydrogen-bond acceptors (Lipinski definition) is 7. The average Bonchev–Trinajstić information content (AvgIpc) is 3.02. The van der Waals surface area contributed by atoms with E-state index in [0.29, 0.717) is 23.5 Å². The molecule has 0 saturated carbocycles. The van der Waals surface area contributed by atoms with Crippen molar-refractivity contribution in [2.45, 2.75) is 24.9 Å². The van der Waals surface area contributed by atoms with Crippen molar-refractivity contribution in [1.29, 1.82) is 0 Å². The molecular formula is C23H21F2N5O3S. The van der Waals surface area contributed by atoms with Gasteiger partial charge in [0.25, 0.3) is 0 Å². The van der Waals surface area contributed by atoms with Gasteiger partial charge in [0.15, 0.2) is 15.7 Å². The molecule has 3 heterocycles. The number of carbonyl (C=O) groups excluding carboxylic acids is 1. The molecule has 0 unspecified atom stereocenters. The number of benzene rings is 2. The Bertz CT molecular complexity index is 1390. The van der Waals surface area contributed by atoms with Gasteiger partial charge in [0.1, 0.15) is 23.0 Å². The van der Waals surface area contributed by atoms with Crippen molar-refractivity contribution in [3.8, 4) is 0 Å². The fourth-order valence-electron chi connectivity index (χ4n) is 4.34. The molecule has 2 aliphatic heterocycles. The number of aromatic nitrogens is 2. The van der Waals surface area contributed by atoms with E-state index in [-0.39, 0.29) is 47.8 Å². The predicted molar refractivity (Wildman–Crippen MR) is 124 cm³/mol. The van der Waals surface area contributed by atoms with Crippen LogP contribution in [0, 0.1) is 11.6 Å². The highest BCUT2D eigenvalue weighted by atomic mass is 32.2. The molecule has 5 rings (SSSR count). The normalized spacial score (nSPS) is 16.7. The topological polar surface area (TPSA) is 95.5 Å². The minimum atomic E-state index is -3.15. The molecule has 1 amide bonds. The van der Waals surface area contributed by atoms with Crippen LogP contribution in [0.3, 0.4) is 0 Å². The van der Waals surface area contributed by atoms with Gasteiger partial charge in [0.2, 0.25) is 11.9 Å². The number of rotatable bonds is 4. The number of anilines is 5. The van der Waals surface area contributed by atoms with E-state index in [9.17, 15) is 22.0 Å². The SMILES string of the molecule is CCN1C(=O)CCN(c2c(F)cccc2F)c2nc(Nc3ccc4c(c3)CS(=O)(=O)C4)ncc21. The predicted octanol–water partition coefficient (Wildman–Crippen LogP) is 3.82. The molecule has 0 radical (unpaired) electrons. The lowest BCUT2D eigenvalue weighted by molar-refractivity contribution is -0.118. The first kappa shape index (κ1) is 22.2. The molecule has 0 saturated heterocycles. The van der Waals surface area contributed by atoms with Gasteiger partial charge in [-0.15, -0.1) is 0 Å². The molecule has 0 atom stereocenters. The molecular weight excluding hydrogens is 464 g/mol. The summed E-state index contributed by atoms with van der Waals surface area (Å²) in [5.41, 5.74) is 2.10. The summed E-state index contributed by atoms with van der Waals surface area (Å²) in [6, 6.07) is 8.78. The molecule has 0 aliphatic carbocycles. The Balaban J connectivity index is 1.57. The van der Waals surface area contributed by atoms with Crippen LogP contribution in [0.15, 0.2) is 42.6 Å². The minimum Gasteiger partial charge on any atom is -0.324 e. The van der Waals surface area contributed by atoms with Crippen LogP contribution in [-0.4, -0.2) is 37.4 Å². The van der Waals surface area contributed by atoms with Crippen LogP contribution in [0.4, 0.5) is 37.6 Å². The first-order valence-corrected chi connectivity index (χ1v) is 12.6. The average molecular weight is 486 g/mol. The second-order valence-corrected chi connectivity index (χ2v) is 10.2. The van der Waals surface area contributed by atoms with E-state index < -0.39 is 21.5 Å². The van der Waals surface area contributed by atoms with Crippen LogP contribution >= 0.6 is 0 Å². The minimum absolute atomic E-state index is 0.0159. The maximum atomic E-state index is 14.7. The Kier molecular flexibility index (Phi) is 5.43. The Morgan fingerprint density at radius 3 is 2.56 bits per heavy atom. The van der Waals surface area contributed by atoms with Gasteiger partial charge in [0, 0.05) is 25.2 Å². The van der Waals surface area contributed by atoms with Crippen molar-refractivity contribution >= 4 is 44.6 Å². The number of sulfone groups is 1. The lowest BCUT2D eigenvalue weighted by Crippen LogP contribution is -2.30. The smallest absolute Gasteiger partial charge is 0.229 e. The van der Waals surface area contributed by atoms with Gasteiger partial charge in [-0.3, -0.25) is 4.79 Å². The molecule has 3 aromatic rings. The summed E-state index contributed by atoms with van der Waals surface area (Å²) in [7, 11) is -3.15. The second kappa shape index (κ2) is 8.32. The van der Waals surface area contributed by atoms with Gasteiger partial charge in [-0.1, -0.05) is 12.1 Å². The zero-order valence-corrected chi connectivity index (χ0v) is 19.1. The van der Waals surface area contributed by atoms with Crippen LogP contribution in [0.5, 0.6) is 0 Å². The van der Waals surface area contributed by atoms with Gasteiger partial charge in [0.05, 0.1) is 17.7 Å². The van der Waals surface area contributed by atoms with E-state index in [1.165, 1.54) is 22.1 Å². The largest absolute Gasteiger partial charge is 0.324 e. The maximum Gasteiger partial charge on any atom is 0.229 e. The van der Waals surface area contributed by atoms with Gasteiger partial charge >= 0.3 is 0 Å². The van der Waals surface area contributed by atoms with Crippen LogP contribution in [0.1, 0.15) is 24.5 Å². The number of carbonyl (C=O) groups is 1. The highest BCUT2D eigenvalue weighted by molar-refractivity contribution is 7.90. The number of hydrogen-bond donors (Lipinski definition) is 1. The number of nitrogens with zero attached hydrogens (tertiary/aromatic N) is 4. The first-order valence-electron chi connectivity index (χ1n) is 10.7. The van der Waals surface area contributed by atoms with E-state index in [1.54, 1.807) is 25.1 Å². The standard InChI is InChI=1S/C23H21F2N5O3S/c1-2-29-19-11-26-23(27-16-7-6-14-12-34(32,33)13-15(14)10-16)28-22(19)30(9-8-20(29)31)21-17(24)4-3-5-18(21)25/h3-7,10-11H,2,8-9,12-13H2,1H3,(H,26,27,28). The molecule has 0 bridgehead atoms. The summed E-state index contributed by atoms with van der Waals surface area (Å²) in [6.45, 7) is 2.17. The Morgan fingerprint density at radius 2 is 1.82 bits per heavy atom. The summed E-state index contributed by atoms with van der Waals surface area (Å²) in [4.78, 5) is 24.4. The Morgan fingerprint density at radius 1 is 1.09 bits per heavy atom. The van der Waals surface area contributed by atoms with Gasteiger partial charge in [-0.2, -0.15) is 4.98 Å². The molecule has 1 aromatic heterocycles. The van der Waals surface area contributed by atoms with E-state index in [0.717, 1.165) is 17.7 Å². The van der Waals surface area contributed by atoms with Gasteiger partial charge in [-0.25, -0.2) is 22.2 Å². The van der Waals surface area contributed by atoms with Crippen molar-refractivity contribution in [2.24, 2.45) is 0 Å². The summed E-state index contributed by atoms with van der Waals surface area (Å²) >= 11 is 0. The van der Waals surface area contributed by atoms with E-state index in [2.05, 4.69) is 15.3 Å². The second-order valence-electron chi connectivity index (χ2n) is 8.15. The molecule has 176 valence electrons. The fourth-order valence-corrected chi connectivity index (χ4v) is 5.94. The lowest BCUT2D eigenvalue weighted by atomic mass is 10.1. The van der Waals surface area contributed by atoms with Crippen LogP contribution in [0.25, 0.3) is 0 Å². The number of para-hydroxylation sites is 1. The van der Waals surface area contributed by atoms with E-state index in [1.807, 2.05) is 0 Å². The maximum absolute atomic E-state index is 14.7. The van der Waals surface area contributed by atoms with Crippen LogP contribution < -0.4 is 15.1 Å². The molecule has 2 aliphatic rings. The summed E-state index contributed by atoms with van der Waals surface area (Å²) in [5, 5.41) is 3.04. The van der Waals surface area contributed by atoms with Gasteiger partial charge in [-0.05, 0) is 42.3 Å². The highest BCUT2D eigenvalue weighted by Crippen LogP contribution is 2.38. The monoisotopic (exact) mass is 485 g/mol. The lowest BCUT2D eigenvalue weighted by Gasteiger charge is -2.26. The zero-order valence-electron chi connectivity index (χ0n) is 18.3. The molecule has 34 heavy (non-hydrogen) atoms. The first-order chi connectivity index (χ1) is 16.3. The molecule has 11 heteroatoms. The molecule has 1 N–H and O–H groups in total. The van der Waals surface area contributed by atoms with Crippen molar-refractivity contribution in [3.63, 3.8) is 0 Å². The number of amides is 1. The summed E-state index contributed by atoms with van der Waals surface area (Å²) < 4.78 is 53.2. The van der Waals surface area contributed by atoms with Crippen molar-refractivity contribution in [2.75, 3.05) is 28.2 Å². The zero-order chi connectivity index (χ0) is 24.0. The van der Waals surface area contributed by atoms with E-state index in [4.69, 9.17) is 0 Å².